The highest BCUT2D eigenvalue weighted by Crippen LogP contribution is 2.31. The fraction of sp³-hybridized carbons (Fsp3) is 0.333. The van der Waals surface area contributed by atoms with E-state index in [1.165, 1.54) is 5.56 Å². The van der Waals surface area contributed by atoms with E-state index in [9.17, 15) is 9.59 Å². The molecule has 0 saturated carbocycles. The number of benzene rings is 2. The van der Waals surface area contributed by atoms with Crippen LogP contribution >= 0.6 is 0 Å². The Bertz CT molecular complexity index is 770. The van der Waals surface area contributed by atoms with E-state index in [0.717, 1.165) is 36.8 Å². The number of ether oxygens (including phenoxy) is 1. The fourth-order valence-corrected chi connectivity index (χ4v) is 3.38. The lowest BCUT2D eigenvalue weighted by Crippen LogP contribution is -2.32. The first-order valence-electron chi connectivity index (χ1n) is 8.92. The van der Waals surface area contributed by atoms with Crippen LogP contribution < -0.4 is 10.1 Å². The Morgan fingerprint density at radius 1 is 1.12 bits per heavy atom. The standard InChI is InChI=1S/C21H23NO4/c23-20(24)14-26-17-10-8-15(9-11-17)12-13-22-21(25)19-7-3-5-16-4-1-2-6-18(16)19/h1-2,4,6,8-11,19H,3,5,7,12-14H2,(H,22,25)(H,23,24). The van der Waals surface area contributed by atoms with E-state index in [-0.39, 0.29) is 18.4 Å². The quantitative estimate of drug-likeness (QED) is 0.802. The summed E-state index contributed by atoms with van der Waals surface area (Å²) in [6.07, 6.45) is 3.72. The van der Waals surface area contributed by atoms with Crippen LogP contribution in [0.1, 0.15) is 35.4 Å². The molecule has 3 rings (SSSR count). The highest BCUT2D eigenvalue weighted by Gasteiger charge is 2.25. The van der Waals surface area contributed by atoms with Gasteiger partial charge in [0.1, 0.15) is 5.75 Å². The van der Waals surface area contributed by atoms with Gasteiger partial charge in [0, 0.05) is 6.54 Å². The first-order valence-corrected chi connectivity index (χ1v) is 8.92. The Hall–Kier alpha value is -2.82. The molecule has 1 aliphatic rings. The van der Waals surface area contributed by atoms with Crippen molar-refractivity contribution in [3.8, 4) is 5.75 Å². The maximum Gasteiger partial charge on any atom is 0.341 e. The number of fused-ring (bicyclic) bond motifs is 1. The molecule has 0 aliphatic heterocycles. The smallest absolute Gasteiger partial charge is 0.341 e. The second-order valence-electron chi connectivity index (χ2n) is 6.51. The zero-order valence-corrected chi connectivity index (χ0v) is 14.6. The van der Waals surface area contributed by atoms with E-state index in [2.05, 4.69) is 17.4 Å². The van der Waals surface area contributed by atoms with Crippen molar-refractivity contribution in [3.63, 3.8) is 0 Å². The minimum atomic E-state index is -0.999. The van der Waals surface area contributed by atoms with Gasteiger partial charge in [-0.2, -0.15) is 0 Å². The number of aryl methyl sites for hydroxylation is 1. The first kappa shape index (κ1) is 18.0. The van der Waals surface area contributed by atoms with Gasteiger partial charge in [-0.25, -0.2) is 4.79 Å². The van der Waals surface area contributed by atoms with Gasteiger partial charge in [-0.15, -0.1) is 0 Å². The van der Waals surface area contributed by atoms with Crippen molar-refractivity contribution in [2.24, 2.45) is 0 Å². The second-order valence-corrected chi connectivity index (χ2v) is 6.51. The average Bonchev–Trinajstić information content (AvgIpc) is 2.66. The van der Waals surface area contributed by atoms with Gasteiger partial charge < -0.3 is 15.2 Å². The molecule has 5 nitrogen and oxygen atoms in total. The Morgan fingerprint density at radius 3 is 2.65 bits per heavy atom. The lowest BCUT2D eigenvalue weighted by molar-refractivity contribution is -0.139. The Kier molecular flexibility index (Phi) is 5.89. The molecule has 0 spiro atoms. The normalized spacial score (nSPS) is 15.8. The third-order valence-corrected chi connectivity index (χ3v) is 4.68. The summed E-state index contributed by atoms with van der Waals surface area (Å²) in [6.45, 7) is 0.227. The van der Waals surface area contributed by atoms with E-state index in [4.69, 9.17) is 9.84 Å². The summed E-state index contributed by atoms with van der Waals surface area (Å²) < 4.78 is 5.11. The number of carbonyl (C=O) groups is 2. The zero-order chi connectivity index (χ0) is 18.4. The third-order valence-electron chi connectivity index (χ3n) is 4.68. The Morgan fingerprint density at radius 2 is 1.88 bits per heavy atom. The largest absolute Gasteiger partial charge is 0.482 e. The number of hydrogen-bond donors (Lipinski definition) is 2. The van der Waals surface area contributed by atoms with Crippen LogP contribution in [-0.4, -0.2) is 30.1 Å². The number of amides is 1. The van der Waals surface area contributed by atoms with Crippen molar-refractivity contribution in [1.82, 2.24) is 5.32 Å². The van der Waals surface area contributed by atoms with Crippen molar-refractivity contribution >= 4 is 11.9 Å². The predicted molar refractivity (Wildman–Crippen MR) is 98.4 cm³/mol. The molecule has 0 radical (unpaired) electrons. The molecule has 1 amide bonds. The van der Waals surface area contributed by atoms with Gasteiger partial charge in [0.25, 0.3) is 0 Å². The molecule has 5 heteroatoms. The second kappa shape index (κ2) is 8.52. The lowest BCUT2D eigenvalue weighted by atomic mass is 9.82. The minimum Gasteiger partial charge on any atom is -0.482 e. The van der Waals surface area contributed by atoms with Gasteiger partial charge in [-0.1, -0.05) is 36.4 Å². The van der Waals surface area contributed by atoms with Gasteiger partial charge in [0.2, 0.25) is 5.91 Å². The van der Waals surface area contributed by atoms with E-state index < -0.39 is 5.97 Å². The van der Waals surface area contributed by atoms with E-state index in [0.29, 0.717) is 12.3 Å². The van der Waals surface area contributed by atoms with Gasteiger partial charge in [0.05, 0.1) is 5.92 Å². The van der Waals surface area contributed by atoms with Crippen LogP contribution in [0.15, 0.2) is 48.5 Å². The lowest BCUT2D eigenvalue weighted by Gasteiger charge is -2.24. The van der Waals surface area contributed by atoms with E-state index in [1.54, 1.807) is 12.1 Å². The fourth-order valence-electron chi connectivity index (χ4n) is 3.38. The van der Waals surface area contributed by atoms with E-state index >= 15 is 0 Å². The van der Waals surface area contributed by atoms with Crippen LogP contribution in [-0.2, 0) is 22.4 Å². The Labute approximate surface area is 153 Å². The van der Waals surface area contributed by atoms with Crippen molar-refractivity contribution in [1.29, 1.82) is 0 Å². The summed E-state index contributed by atoms with van der Waals surface area (Å²) in [5, 5.41) is 11.6. The summed E-state index contributed by atoms with van der Waals surface area (Å²) in [4.78, 5) is 23.1. The first-order chi connectivity index (χ1) is 12.6. The highest BCUT2D eigenvalue weighted by molar-refractivity contribution is 5.84. The molecule has 0 saturated heterocycles. The predicted octanol–water partition coefficient (Wildman–Crippen LogP) is 2.93. The minimum absolute atomic E-state index is 0.0493. The van der Waals surface area contributed by atoms with Crippen LogP contribution in [0.25, 0.3) is 0 Å². The molecular formula is C21H23NO4. The number of hydrogen-bond acceptors (Lipinski definition) is 3. The summed E-state index contributed by atoms with van der Waals surface area (Å²) in [5.41, 5.74) is 3.52. The molecule has 26 heavy (non-hydrogen) atoms. The molecule has 1 unspecified atom stereocenters. The van der Waals surface area contributed by atoms with Crippen molar-refractivity contribution in [3.05, 3.63) is 65.2 Å². The molecule has 0 fully saturated rings. The van der Waals surface area contributed by atoms with Crippen molar-refractivity contribution in [2.75, 3.05) is 13.2 Å². The van der Waals surface area contributed by atoms with Crippen LogP contribution in [0, 0.1) is 0 Å². The summed E-state index contributed by atoms with van der Waals surface area (Å²) >= 11 is 0. The van der Waals surface area contributed by atoms with Crippen LogP contribution in [0.4, 0.5) is 0 Å². The molecule has 2 aromatic rings. The average molecular weight is 353 g/mol. The molecule has 1 aliphatic carbocycles. The monoisotopic (exact) mass is 353 g/mol. The third kappa shape index (κ3) is 4.63. The molecule has 136 valence electrons. The number of rotatable bonds is 7. The topological polar surface area (TPSA) is 75.6 Å². The van der Waals surface area contributed by atoms with Gasteiger partial charge >= 0.3 is 5.97 Å². The molecule has 1 atom stereocenters. The van der Waals surface area contributed by atoms with Crippen molar-refractivity contribution < 1.29 is 19.4 Å². The van der Waals surface area contributed by atoms with Crippen LogP contribution in [0.2, 0.25) is 0 Å². The number of carbonyl (C=O) groups excluding carboxylic acids is 1. The summed E-state index contributed by atoms with van der Waals surface area (Å²) in [6, 6.07) is 15.5. The SMILES string of the molecule is O=C(O)COc1ccc(CCNC(=O)C2CCCc3ccccc32)cc1. The highest BCUT2D eigenvalue weighted by atomic mass is 16.5. The Balaban J connectivity index is 1.49. The zero-order valence-electron chi connectivity index (χ0n) is 14.6. The van der Waals surface area contributed by atoms with E-state index in [1.807, 2.05) is 24.3 Å². The summed E-state index contributed by atoms with van der Waals surface area (Å²) in [5.74, 6) is -0.426. The molecule has 2 aromatic carbocycles. The molecular weight excluding hydrogens is 330 g/mol. The van der Waals surface area contributed by atoms with Crippen molar-refractivity contribution in [2.45, 2.75) is 31.6 Å². The number of aliphatic carboxylic acids is 1. The number of nitrogens with one attached hydrogen (secondary N) is 1. The maximum atomic E-state index is 12.6. The van der Waals surface area contributed by atoms with Crippen LogP contribution in [0.5, 0.6) is 5.75 Å². The van der Waals surface area contributed by atoms with Gasteiger partial charge in [-0.3, -0.25) is 4.79 Å². The molecule has 0 heterocycles. The number of carboxylic acid groups (broad SMARTS) is 1. The van der Waals surface area contributed by atoms with Gasteiger partial charge in [-0.05, 0) is 54.5 Å². The summed E-state index contributed by atoms with van der Waals surface area (Å²) in [7, 11) is 0. The molecule has 2 N–H and O–H groups in total. The van der Waals surface area contributed by atoms with Crippen LogP contribution in [0.3, 0.4) is 0 Å². The molecule has 0 aromatic heterocycles. The number of carboxylic acids is 1. The molecule has 0 bridgehead atoms. The maximum absolute atomic E-state index is 12.6. The van der Waals surface area contributed by atoms with Gasteiger partial charge in [0.15, 0.2) is 6.61 Å².